The van der Waals surface area contributed by atoms with Crippen molar-refractivity contribution in [3.63, 3.8) is 0 Å². The van der Waals surface area contributed by atoms with Crippen LogP contribution in [0.1, 0.15) is 12.8 Å². The molecule has 2 saturated heterocycles. The average molecular weight is 507 g/mol. The van der Waals surface area contributed by atoms with Crippen LogP contribution in [0.3, 0.4) is 0 Å². The molecule has 0 aliphatic carbocycles. The summed E-state index contributed by atoms with van der Waals surface area (Å²) in [4.78, 5) is 14.4. The number of aliphatic imine (C=N–C) groups is 1. The first kappa shape index (κ1) is 22.7. The van der Waals surface area contributed by atoms with E-state index in [0.29, 0.717) is 0 Å². The third-order valence-electron chi connectivity index (χ3n) is 5.36. The van der Waals surface area contributed by atoms with Gasteiger partial charge in [-0.25, -0.2) is 0 Å². The second-order valence-electron chi connectivity index (χ2n) is 7.25. The number of piperazine rings is 1. The number of rotatable bonds is 5. The standard InChI is InChI=1S/C19H34N6S.HI/c1-20-19(21-7-4-9-23-10-5-8-22(2)11-12-23)25-15-13-24(14-16-25)18-6-3-17-26-18;/h3,6,17H,4-5,7-16H2,1-2H3,(H,20,21);1H. The fourth-order valence-electron chi connectivity index (χ4n) is 3.75. The zero-order valence-corrected chi connectivity index (χ0v) is 19.9. The maximum absolute atomic E-state index is 4.50. The van der Waals surface area contributed by atoms with Crippen LogP contribution in [0.25, 0.3) is 0 Å². The number of nitrogens with one attached hydrogen (secondary N) is 1. The minimum absolute atomic E-state index is 0. The van der Waals surface area contributed by atoms with Crippen LogP contribution in [0, 0.1) is 0 Å². The normalized spacial score (nSPS) is 20.3. The van der Waals surface area contributed by atoms with E-state index in [9.17, 15) is 0 Å². The predicted molar refractivity (Wildman–Crippen MR) is 128 cm³/mol. The molecule has 2 aliphatic heterocycles. The second kappa shape index (κ2) is 12.1. The van der Waals surface area contributed by atoms with Crippen LogP contribution in [0.15, 0.2) is 22.5 Å². The van der Waals surface area contributed by atoms with E-state index in [-0.39, 0.29) is 24.0 Å². The van der Waals surface area contributed by atoms with Crippen molar-refractivity contribution >= 4 is 46.3 Å². The summed E-state index contributed by atoms with van der Waals surface area (Å²) in [6, 6.07) is 4.35. The lowest BCUT2D eigenvalue weighted by Crippen LogP contribution is -2.52. The van der Waals surface area contributed by atoms with Crippen molar-refractivity contribution in [1.82, 2.24) is 20.0 Å². The third-order valence-corrected chi connectivity index (χ3v) is 6.28. The summed E-state index contributed by atoms with van der Waals surface area (Å²) in [7, 11) is 4.13. The molecule has 2 fully saturated rings. The summed E-state index contributed by atoms with van der Waals surface area (Å²) in [5, 5.41) is 7.12. The number of thiophene rings is 1. The van der Waals surface area contributed by atoms with Gasteiger partial charge in [0.15, 0.2) is 5.96 Å². The molecule has 1 aromatic heterocycles. The molecule has 1 aromatic rings. The van der Waals surface area contributed by atoms with Gasteiger partial charge in [0.25, 0.3) is 0 Å². The molecule has 0 amide bonds. The van der Waals surface area contributed by atoms with Gasteiger partial charge < -0.3 is 24.9 Å². The molecule has 0 radical (unpaired) electrons. The van der Waals surface area contributed by atoms with Gasteiger partial charge >= 0.3 is 0 Å². The first-order valence-electron chi connectivity index (χ1n) is 9.91. The van der Waals surface area contributed by atoms with Gasteiger partial charge in [-0.2, -0.15) is 0 Å². The predicted octanol–water partition coefficient (Wildman–Crippen LogP) is 2.09. The van der Waals surface area contributed by atoms with E-state index in [1.807, 2.05) is 18.4 Å². The average Bonchev–Trinajstić information content (AvgIpc) is 3.13. The molecule has 6 nitrogen and oxygen atoms in total. The van der Waals surface area contributed by atoms with Crippen LogP contribution < -0.4 is 10.2 Å². The van der Waals surface area contributed by atoms with Crippen molar-refractivity contribution in [2.24, 2.45) is 4.99 Å². The van der Waals surface area contributed by atoms with Crippen molar-refractivity contribution in [1.29, 1.82) is 0 Å². The van der Waals surface area contributed by atoms with Crippen molar-refractivity contribution in [3.8, 4) is 0 Å². The maximum atomic E-state index is 4.50. The maximum Gasteiger partial charge on any atom is 0.193 e. The van der Waals surface area contributed by atoms with E-state index in [2.05, 4.69) is 54.5 Å². The molecule has 0 unspecified atom stereocenters. The summed E-state index contributed by atoms with van der Waals surface area (Å²) in [6.45, 7) is 11.3. The molecule has 154 valence electrons. The van der Waals surface area contributed by atoms with Crippen molar-refractivity contribution < 1.29 is 0 Å². The van der Waals surface area contributed by atoms with E-state index < -0.39 is 0 Å². The summed E-state index contributed by atoms with van der Waals surface area (Å²) in [6.07, 6.45) is 2.47. The third kappa shape index (κ3) is 7.07. The molecule has 0 atom stereocenters. The van der Waals surface area contributed by atoms with E-state index in [4.69, 9.17) is 0 Å². The highest BCUT2D eigenvalue weighted by Crippen LogP contribution is 2.22. The Bertz CT molecular complexity index is 544. The van der Waals surface area contributed by atoms with E-state index in [0.717, 1.165) is 38.7 Å². The van der Waals surface area contributed by atoms with E-state index in [1.54, 1.807) is 0 Å². The highest BCUT2D eigenvalue weighted by Gasteiger charge is 2.20. The number of halogens is 1. The number of hydrogen-bond acceptors (Lipinski definition) is 5. The summed E-state index contributed by atoms with van der Waals surface area (Å²) < 4.78 is 0. The molecule has 3 heterocycles. The molecular formula is C19H35IN6S. The monoisotopic (exact) mass is 506 g/mol. The highest BCUT2D eigenvalue weighted by molar-refractivity contribution is 14.0. The SMILES string of the molecule is CN=C(NCCCN1CCCN(C)CC1)N1CCN(c2cccs2)CC1.I. The lowest BCUT2D eigenvalue weighted by Gasteiger charge is -2.37. The van der Waals surface area contributed by atoms with Gasteiger partial charge in [-0.1, -0.05) is 0 Å². The fourth-order valence-corrected chi connectivity index (χ4v) is 4.53. The number of anilines is 1. The van der Waals surface area contributed by atoms with Gasteiger partial charge in [-0.05, 0) is 57.0 Å². The molecule has 0 aromatic carbocycles. The Morgan fingerprint density at radius 3 is 2.63 bits per heavy atom. The summed E-state index contributed by atoms with van der Waals surface area (Å²) >= 11 is 1.83. The van der Waals surface area contributed by atoms with Gasteiger partial charge in [0, 0.05) is 52.9 Å². The van der Waals surface area contributed by atoms with Crippen molar-refractivity contribution in [2.45, 2.75) is 12.8 Å². The smallest absolute Gasteiger partial charge is 0.193 e. The van der Waals surface area contributed by atoms with Gasteiger partial charge in [-0.3, -0.25) is 4.99 Å². The van der Waals surface area contributed by atoms with Crippen LogP contribution in [0.2, 0.25) is 0 Å². The minimum Gasteiger partial charge on any atom is -0.360 e. The fraction of sp³-hybridized carbons (Fsp3) is 0.737. The number of nitrogens with zero attached hydrogens (tertiary/aromatic N) is 5. The number of guanidine groups is 1. The Balaban J connectivity index is 0.00000261. The Labute approximate surface area is 185 Å². The second-order valence-corrected chi connectivity index (χ2v) is 8.18. The van der Waals surface area contributed by atoms with Gasteiger partial charge in [0.05, 0.1) is 5.00 Å². The van der Waals surface area contributed by atoms with Crippen LogP contribution in [-0.4, -0.2) is 100 Å². The summed E-state index contributed by atoms with van der Waals surface area (Å²) in [5.41, 5.74) is 0. The quantitative estimate of drug-likeness (QED) is 0.287. The van der Waals surface area contributed by atoms with Crippen LogP contribution in [-0.2, 0) is 0 Å². The van der Waals surface area contributed by atoms with Crippen LogP contribution in [0.5, 0.6) is 0 Å². The van der Waals surface area contributed by atoms with Crippen molar-refractivity contribution in [2.75, 3.05) is 84.4 Å². The highest BCUT2D eigenvalue weighted by atomic mass is 127. The summed E-state index contributed by atoms with van der Waals surface area (Å²) in [5.74, 6) is 1.06. The Morgan fingerprint density at radius 1 is 1.11 bits per heavy atom. The molecule has 1 N–H and O–H groups in total. The molecule has 0 saturated carbocycles. The largest absolute Gasteiger partial charge is 0.360 e. The van der Waals surface area contributed by atoms with E-state index >= 15 is 0 Å². The number of likely N-dealkylation sites (N-methyl/N-ethyl adjacent to an activating group) is 1. The van der Waals surface area contributed by atoms with Crippen LogP contribution in [0.4, 0.5) is 5.00 Å². The first-order valence-corrected chi connectivity index (χ1v) is 10.8. The molecular weight excluding hydrogens is 471 g/mol. The lowest BCUT2D eigenvalue weighted by molar-refractivity contribution is 0.273. The lowest BCUT2D eigenvalue weighted by atomic mass is 10.3. The zero-order valence-electron chi connectivity index (χ0n) is 16.8. The van der Waals surface area contributed by atoms with Gasteiger partial charge in [0.2, 0.25) is 0 Å². The molecule has 8 heteroatoms. The van der Waals surface area contributed by atoms with Gasteiger partial charge in [-0.15, -0.1) is 35.3 Å². The molecule has 2 aliphatic rings. The first-order chi connectivity index (χ1) is 12.8. The van der Waals surface area contributed by atoms with E-state index in [1.165, 1.54) is 50.6 Å². The Kier molecular flexibility index (Phi) is 10.2. The zero-order chi connectivity index (χ0) is 18.2. The Hall–Kier alpha value is -0.580. The van der Waals surface area contributed by atoms with Crippen molar-refractivity contribution in [3.05, 3.63) is 17.5 Å². The van der Waals surface area contributed by atoms with Crippen LogP contribution >= 0.6 is 35.3 Å². The Morgan fingerprint density at radius 2 is 1.93 bits per heavy atom. The topological polar surface area (TPSA) is 37.4 Å². The molecule has 27 heavy (non-hydrogen) atoms. The van der Waals surface area contributed by atoms with Gasteiger partial charge in [0.1, 0.15) is 0 Å². The molecule has 0 bridgehead atoms. The molecule has 0 spiro atoms. The minimum atomic E-state index is 0. The molecule has 3 rings (SSSR count). The number of hydrogen-bond donors (Lipinski definition) is 1.